The molecule has 3 nitrogen and oxygen atoms in total. The van der Waals surface area contributed by atoms with Gasteiger partial charge in [-0.1, -0.05) is 30.3 Å². The molecule has 100 valence electrons. The third-order valence-corrected chi connectivity index (χ3v) is 2.73. The normalized spacial score (nSPS) is 10.4. The molecule has 2 rings (SSSR count). The van der Waals surface area contributed by atoms with Crippen molar-refractivity contribution in [3.05, 3.63) is 71.8 Å². The minimum absolute atomic E-state index is 0.353. The molecule has 0 amide bonds. The van der Waals surface area contributed by atoms with E-state index in [2.05, 4.69) is 0 Å². The quantitative estimate of drug-likeness (QED) is 0.373. The number of carbonyl (C=O) groups excluding carboxylic acids is 2. The van der Waals surface area contributed by atoms with E-state index in [4.69, 9.17) is 16.3 Å². The maximum absolute atomic E-state index is 11.6. The van der Waals surface area contributed by atoms with E-state index in [0.717, 1.165) is 5.56 Å². The summed E-state index contributed by atoms with van der Waals surface area (Å²) in [6.45, 7) is 0. The highest BCUT2D eigenvalue weighted by molar-refractivity contribution is 6.67. The Morgan fingerprint density at radius 2 is 1.60 bits per heavy atom. The van der Waals surface area contributed by atoms with Gasteiger partial charge in [-0.15, -0.1) is 0 Å². The van der Waals surface area contributed by atoms with Gasteiger partial charge in [0.15, 0.2) is 0 Å². The van der Waals surface area contributed by atoms with Crippen LogP contribution in [-0.2, 0) is 4.79 Å². The molecule has 0 fully saturated rings. The number of ether oxygens (including phenoxy) is 1. The van der Waals surface area contributed by atoms with E-state index in [0.29, 0.717) is 11.3 Å². The molecule has 0 unspecified atom stereocenters. The summed E-state index contributed by atoms with van der Waals surface area (Å²) >= 11 is 5.32. The molecule has 0 radical (unpaired) electrons. The van der Waals surface area contributed by atoms with Gasteiger partial charge >= 0.3 is 5.97 Å². The second-order valence-electron chi connectivity index (χ2n) is 3.96. The van der Waals surface area contributed by atoms with Gasteiger partial charge in [0.2, 0.25) is 0 Å². The van der Waals surface area contributed by atoms with E-state index in [9.17, 15) is 9.59 Å². The Morgan fingerprint density at radius 1 is 0.950 bits per heavy atom. The Bertz CT molecular complexity index is 631. The highest BCUT2D eigenvalue weighted by atomic mass is 35.5. The molecule has 0 heterocycles. The minimum Gasteiger partial charge on any atom is -0.423 e. The van der Waals surface area contributed by atoms with Crippen molar-refractivity contribution in [2.75, 3.05) is 0 Å². The number of carbonyl (C=O) groups is 2. The van der Waals surface area contributed by atoms with Gasteiger partial charge in [0.05, 0.1) is 0 Å². The van der Waals surface area contributed by atoms with Crippen molar-refractivity contribution in [2.24, 2.45) is 0 Å². The number of esters is 1. The SMILES string of the molecule is O=C(/C=C/c1ccccc1)Oc1ccc(C(=O)Cl)cc1. The molecule has 0 aliphatic rings. The van der Waals surface area contributed by atoms with Gasteiger partial charge in [-0.3, -0.25) is 4.79 Å². The van der Waals surface area contributed by atoms with Crippen molar-refractivity contribution < 1.29 is 14.3 Å². The van der Waals surface area contributed by atoms with Crippen molar-refractivity contribution in [3.8, 4) is 5.75 Å². The van der Waals surface area contributed by atoms with Gasteiger partial charge in [-0.2, -0.15) is 0 Å². The summed E-state index contributed by atoms with van der Waals surface area (Å²) in [7, 11) is 0. The molecule has 20 heavy (non-hydrogen) atoms. The standard InChI is InChI=1S/C16H11ClO3/c17-16(19)13-7-9-14(10-8-13)20-15(18)11-6-12-4-2-1-3-5-12/h1-11H/b11-6+. The fraction of sp³-hybridized carbons (Fsp3) is 0. The molecule has 0 aromatic heterocycles. The maximum Gasteiger partial charge on any atom is 0.336 e. The summed E-state index contributed by atoms with van der Waals surface area (Å²) in [4.78, 5) is 22.5. The first-order valence-electron chi connectivity index (χ1n) is 5.90. The molecule has 4 heteroatoms. The number of benzene rings is 2. The lowest BCUT2D eigenvalue weighted by atomic mass is 10.2. The van der Waals surface area contributed by atoms with E-state index in [1.165, 1.54) is 30.3 Å². The zero-order chi connectivity index (χ0) is 14.4. The predicted molar refractivity (Wildman–Crippen MR) is 77.7 cm³/mol. The van der Waals surface area contributed by atoms with Crippen molar-refractivity contribution in [1.82, 2.24) is 0 Å². The smallest absolute Gasteiger partial charge is 0.336 e. The summed E-state index contributed by atoms with van der Waals surface area (Å²) in [5.74, 6) is -0.131. The molecule has 0 N–H and O–H groups in total. The van der Waals surface area contributed by atoms with E-state index in [-0.39, 0.29) is 0 Å². The zero-order valence-electron chi connectivity index (χ0n) is 10.5. The molecule has 0 bridgehead atoms. The monoisotopic (exact) mass is 286 g/mol. The van der Waals surface area contributed by atoms with E-state index >= 15 is 0 Å². The molecule has 0 aliphatic carbocycles. The van der Waals surface area contributed by atoms with E-state index in [1.807, 2.05) is 30.3 Å². The second kappa shape index (κ2) is 6.68. The molecule has 0 atom stereocenters. The lowest BCUT2D eigenvalue weighted by Gasteiger charge is -2.01. The molecule has 0 saturated heterocycles. The van der Waals surface area contributed by atoms with Crippen molar-refractivity contribution >= 4 is 28.9 Å². The molecule has 0 spiro atoms. The average Bonchev–Trinajstić information content (AvgIpc) is 2.47. The summed E-state index contributed by atoms with van der Waals surface area (Å²) < 4.78 is 5.09. The van der Waals surface area contributed by atoms with Crippen LogP contribution in [0.15, 0.2) is 60.7 Å². The average molecular weight is 287 g/mol. The first-order valence-corrected chi connectivity index (χ1v) is 6.28. The fourth-order valence-corrected chi connectivity index (χ4v) is 1.66. The molecular weight excluding hydrogens is 276 g/mol. The third-order valence-electron chi connectivity index (χ3n) is 2.51. The molecule has 2 aromatic carbocycles. The van der Waals surface area contributed by atoms with Gasteiger partial charge < -0.3 is 4.74 Å². The summed E-state index contributed by atoms with van der Waals surface area (Å²) in [6.07, 6.45) is 3.01. The Morgan fingerprint density at radius 3 is 2.20 bits per heavy atom. The van der Waals surface area contributed by atoms with Gasteiger partial charge in [0.25, 0.3) is 5.24 Å². The number of rotatable bonds is 4. The van der Waals surface area contributed by atoms with Crippen LogP contribution in [0.2, 0.25) is 0 Å². The Labute approximate surface area is 121 Å². The van der Waals surface area contributed by atoms with E-state index in [1.54, 1.807) is 6.08 Å². The van der Waals surface area contributed by atoms with Crippen molar-refractivity contribution in [3.63, 3.8) is 0 Å². The van der Waals surface area contributed by atoms with Crippen LogP contribution in [-0.4, -0.2) is 11.2 Å². The summed E-state index contributed by atoms with van der Waals surface area (Å²) in [5.41, 5.74) is 1.26. The Kier molecular flexibility index (Phi) is 4.69. The van der Waals surface area contributed by atoms with Gasteiger partial charge in [0.1, 0.15) is 5.75 Å². The van der Waals surface area contributed by atoms with Crippen LogP contribution < -0.4 is 4.74 Å². The summed E-state index contributed by atoms with van der Waals surface area (Å²) in [5, 5.41) is -0.549. The van der Waals surface area contributed by atoms with Gasteiger partial charge in [0, 0.05) is 11.6 Å². The first kappa shape index (κ1) is 14.0. The highest BCUT2D eigenvalue weighted by Crippen LogP contribution is 2.14. The topological polar surface area (TPSA) is 43.4 Å². The second-order valence-corrected chi connectivity index (χ2v) is 4.31. The van der Waals surface area contributed by atoms with Crippen LogP contribution >= 0.6 is 11.6 Å². The lowest BCUT2D eigenvalue weighted by Crippen LogP contribution is -2.03. The van der Waals surface area contributed by atoms with Crippen LogP contribution in [0.5, 0.6) is 5.75 Å². The number of hydrogen-bond donors (Lipinski definition) is 0. The van der Waals surface area contributed by atoms with Crippen LogP contribution in [0, 0.1) is 0 Å². The molecule has 0 saturated carbocycles. The van der Waals surface area contributed by atoms with Crippen LogP contribution in [0.4, 0.5) is 0 Å². The minimum atomic E-state index is -0.549. The fourth-order valence-electron chi connectivity index (χ4n) is 1.53. The zero-order valence-corrected chi connectivity index (χ0v) is 11.2. The Balaban J connectivity index is 1.98. The van der Waals surface area contributed by atoms with Gasteiger partial charge in [-0.25, -0.2) is 4.79 Å². The Hall–Kier alpha value is -2.39. The molecule has 2 aromatic rings. The largest absolute Gasteiger partial charge is 0.423 e. The van der Waals surface area contributed by atoms with Crippen LogP contribution in [0.3, 0.4) is 0 Å². The molecular formula is C16H11ClO3. The summed E-state index contributed by atoms with van der Waals surface area (Å²) in [6, 6.07) is 15.5. The highest BCUT2D eigenvalue weighted by Gasteiger charge is 2.03. The maximum atomic E-state index is 11.6. The van der Waals surface area contributed by atoms with Crippen molar-refractivity contribution in [2.45, 2.75) is 0 Å². The van der Waals surface area contributed by atoms with Crippen LogP contribution in [0.25, 0.3) is 6.08 Å². The van der Waals surface area contributed by atoms with Crippen LogP contribution in [0.1, 0.15) is 15.9 Å². The van der Waals surface area contributed by atoms with Gasteiger partial charge in [-0.05, 0) is 47.5 Å². The first-order chi connectivity index (χ1) is 9.65. The lowest BCUT2D eigenvalue weighted by molar-refractivity contribution is -0.128. The predicted octanol–water partition coefficient (Wildman–Crippen LogP) is 3.68. The molecule has 0 aliphatic heterocycles. The number of hydrogen-bond acceptors (Lipinski definition) is 3. The van der Waals surface area contributed by atoms with E-state index < -0.39 is 11.2 Å². The number of halogens is 1. The van der Waals surface area contributed by atoms with Crippen molar-refractivity contribution in [1.29, 1.82) is 0 Å². The third kappa shape index (κ3) is 4.07.